The van der Waals surface area contributed by atoms with Gasteiger partial charge in [0.05, 0.1) is 45.8 Å². The van der Waals surface area contributed by atoms with E-state index in [-0.39, 0.29) is 6.10 Å². The van der Waals surface area contributed by atoms with Crippen LogP contribution >= 0.6 is 11.3 Å². The summed E-state index contributed by atoms with van der Waals surface area (Å²) in [6, 6.07) is 27.5. The number of rotatable bonds is 6. The van der Waals surface area contributed by atoms with E-state index in [4.69, 9.17) is 10.00 Å². The maximum absolute atomic E-state index is 9.83. The molecule has 162 valence electrons. The Balaban J connectivity index is 1.55. The van der Waals surface area contributed by atoms with Gasteiger partial charge in [-0.15, -0.1) is 11.3 Å². The molecule has 0 aliphatic carbocycles. The number of fused-ring (bicyclic) bond motifs is 1. The molecule has 5 aromatic rings. The van der Waals surface area contributed by atoms with Gasteiger partial charge in [-0.3, -0.25) is 9.97 Å². The number of nitriles is 2. The molecule has 0 amide bonds. The molecule has 0 saturated carbocycles. The highest BCUT2D eigenvalue weighted by Crippen LogP contribution is 2.36. The van der Waals surface area contributed by atoms with Crippen LogP contribution in [0.15, 0.2) is 90.7 Å². The van der Waals surface area contributed by atoms with Crippen molar-refractivity contribution in [3.05, 3.63) is 118 Å². The van der Waals surface area contributed by atoms with E-state index in [1.165, 1.54) is 11.3 Å². The number of hydrogen-bond donors (Lipinski definition) is 0. The number of hydrogen-bond acceptors (Lipinski definition) is 6. The van der Waals surface area contributed by atoms with Crippen LogP contribution in [-0.2, 0) is 11.3 Å². The minimum Gasteiger partial charge on any atom is -0.363 e. The molecule has 0 radical (unpaired) electrons. The lowest BCUT2D eigenvalue weighted by Gasteiger charge is -2.19. The second-order valence-corrected chi connectivity index (χ2v) is 8.61. The fourth-order valence-electron chi connectivity index (χ4n) is 3.94. The summed E-state index contributed by atoms with van der Waals surface area (Å²) in [6.07, 6.45) is 3.24. The highest BCUT2D eigenvalue weighted by molar-refractivity contribution is 7.09. The maximum Gasteiger partial charge on any atom is 0.119 e. The number of aromatic nitrogens is 2. The van der Waals surface area contributed by atoms with Gasteiger partial charge in [-0.05, 0) is 53.1 Å². The zero-order valence-corrected chi connectivity index (χ0v) is 18.9. The molecule has 2 heterocycles. The normalized spacial score (nSPS) is 11.6. The van der Waals surface area contributed by atoms with Crippen LogP contribution in [0.4, 0.5) is 0 Å². The molecule has 2 aromatic heterocycles. The summed E-state index contributed by atoms with van der Waals surface area (Å²) in [6.45, 7) is 0.377. The molecule has 5 rings (SSSR count). The van der Waals surface area contributed by atoms with Crippen LogP contribution in [0.5, 0.6) is 0 Å². The molecule has 6 heteroatoms. The Kier molecular flexibility index (Phi) is 6.09. The summed E-state index contributed by atoms with van der Waals surface area (Å²) in [5, 5.41) is 19.9. The molecule has 0 saturated heterocycles. The second-order valence-electron chi connectivity index (χ2n) is 7.70. The van der Waals surface area contributed by atoms with Crippen LogP contribution in [0.2, 0.25) is 0 Å². The molecule has 0 N–H and O–H groups in total. The minimum atomic E-state index is -0.345. The van der Waals surface area contributed by atoms with Crippen molar-refractivity contribution < 1.29 is 4.74 Å². The average Bonchev–Trinajstić information content (AvgIpc) is 3.43. The van der Waals surface area contributed by atoms with E-state index in [0.29, 0.717) is 17.7 Å². The van der Waals surface area contributed by atoms with Crippen molar-refractivity contribution >= 4 is 22.2 Å². The van der Waals surface area contributed by atoms with Crippen molar-refractivity contribution in [2.24, 2.45) is 0 Å². The summed E-state index contributed by atoms with van der Waals surface area (Å²) < 4.78 is 6.38. The Morgan fingerprint density at radius 2 is 1.79 bits per heavy atom. The molecule has 1 unspecified atom stereocenters. The van der Waals surface area contributed by atoms with Crippen LogP contribution in [0, 0.1) is 22.7 Å². The maximum atomic E-state index is 9.83. The van der Waals surface area contributed by atoms with E-state index in [0.717, 1.165) is 38.0 Å². The topological polar surface area (TPSA) is 82.6 Å². The lowest BCUT2D eigenvalue weighted by atomic mass is 9.93. The van der Waals surface area contributed by atoms with Crippen LogP contribution in [0.25, 0.3) is 22.0 Å². The average molecular weight is 459 g/mol. The number of benzene rings is 3. The Morgan fingerprint density at radius 3 is 2.56 bits per heavy atom. The van der Waals surface area contributed by atoms with Crippen molar-refractivity contribution in [1.29, 1.82) is 10.5 Å². The second kappa shape index (κ2) is 9.64. The van der Waals surface area contributed by atoms with Crippen LogP contribution < -0.4 is 0 Å². The zero-order chi connectivity index (χ0) is 23.3. The molecular formula is C28H18N4OS. The first-order valence-corrected chi connectivity index (χ1v) is 11.5. The summed E-state index contributed by atoms with van der Waals surface area (Å²) in [5.41, 5.74) is 7.59. The number of pyridine rings is 1. The van der Waals surface area contributed by atoms with Gasteiger partial charge in [0.25, 0.3) is 0 Å². The molecule has 0 fully saturated rings. The molecule has 0 spiro atoms. The third kappa shape index (κ3) is 4.29. The summed E-state index contributed by atoms with van der Waals surface area (Å²) in [5.74, 6) is 0. The van der Waals surface area contributed by atoms with E-state index in [1.54, 1.807) is 23.8 Å². The minimum absolute atomic E-state index is 0.345. The Bertz CT molecular complexity index is 1520. The van der Waals surface area contributed by atoms with Crippen LogP contribution in [0.3, 0.4) is 0 Å². The molecule has 5 nitrogen and oxygen atoms in total. The van der Waals surface area contributed by atoms with Gasteiger partial charge >= 0.3 is 0 Å². The van der Waals surface area contributed by atoms with Crippen molar-refractivity contribution in [1.82, 2.24) is 9.97 Å². The van der Waals surface area contributed by atoms with Gasteiger partial charge in [0.2, 0.25) is 0 Å². The largest absolute Gasteiger partial charge is 0.363 e. The molecule has 0 bridgehead atoms. The molecule has 1 atom stereocenters. The summed E-state index contributed by atoms with van der Waals surface area (Å²) in [7, 11) is 0. The quantitative estimate of drug-likeness (QED) is 0.294. The highest BCUT2D eigenvalue weighted by atomic mass is 32.1. The predicted molar refractivity (Wildman–Crippen MR) is 132 cm³/mol. The van der Waals surface area contributed by atoms with Gasteiger partial charge in [-0.25, -0.2) is 0 Å². The lowest BCUT2D eigenvalue weighted by molar-refractivity contribution is 0.0689. The fraction of sp³-hybridized carbons (Fsp3) is 0.0714. The smallest absolute Gasteiger partial charge is 0.119 e. The summed E-state index contributed by atoms with van der Waals surface area (Å²) in [4.78, 5) is 9.68. The van der Waals surface area contributed by atoms with Gasteiger partial charge < -0.3 is 4.74 Å². The monoisotopic (exact) mass is 458 g/mol. The molecule has 0 aliphatic heterocycles. The SMILES string of the molecule is N#Cc1ccc(COC(c2ccc(C#N)c(-c3cccc4ncccc34)c2)c2cncs2)cc1. The highest BCUT2D eigenvalue weighted by Gasteiger charge is 2.20. The van der Waals surface area contributed by atoms with Crippen molar-refractivity contribution in [2.45, 2.75) is 12.7 Å². The van der Waals surface area contributed by atoms with E-state index in [2.05, 4.69) is 22.1 Å². The Labute approximate surface area is 201 Å². The molecule has 34 heavy (non-hydrogen) atoms. The summed E-state index contributed by atoms with van der Waals surface area (Å²) >= 11 is 1.53. The van der Waals surface area contributed by atoms with E-state index in [9.17, 15) is 5.26 Å². The van der Waals surface area contributed by atoms with E-state index < -0.39 is 0 Å². The van der Waals surface area contributed by atoms with Gasteiger partial charge in [0.15, 0.2) is 0 Å². The Morgan fingerprint density at radius 1 is 0.912 bits per heavy atom. The molecular weight excluding hydrogens is 440 g/mol. The van der Waals surface area contributed by atoms with Crippen LogP contribution in [-0.4, -0.2) is 9.97 Å². The van der Waals surface area contributed by atoms with Gasteiger partial charge in [0.1, 0.15) is 6.10 Å². The molecule has 0 aliphatic rings. The van der Waals surface area contributed by atoms with Gasteiger partial charge in [0, 0.05) is 23.3 Å². The third-order valence-corrected chi connectivity index (χ3v) is 6.43. The number of ether oxygens (including phenoxy) is 1. The zero-order valence-electron chi connectivity index (χ0n) is 18.1. The lowest BCUT2D eigenvalue weighted by Crippen LogP contribution is -2.06. The molecule has 3 aromatic carbocycles. The van der Waals surface area contributed by atoms with Gasteiger partial charge in [-0.2, -0.15) is 10.5 Å². The standard InChI is InChI=1S/C28H18N4OS/c29-14-19-6-8-20(9-7-19)17-33-28(27-16-31-18-34-27)21-10-11-22(15-30)25(13-21)23-3-1-5-26-24(23)4-2-12-32-26/h1-13,16,18,28H,17H2. The number of thiazole rings is 1. The van der Waals surface area contributed by atoms with E-state index >= 15 is 0 Å². The van der Waals surface area contributed by atoms with E-state index in [1.807, 2.05) is 66.9 Å². The first kappa shape index (κ1) is 21.5. The number of nitrogens with zero attached hydrogens (tertiary/aromatic N) is 4. The van der Waals surface area contributed by atoms with Crippen molar-refractivity contribution in [2.75, 3.05) is 0 Å². The first-order valence-electron chi connectivity index (χ1n) is 10.6. The van der Waals surface area contributed by atoms with Gasteiger partial charge in [-0.1, -0.05) is 36.4 Å². The fourth-order valence-corrected chi connectivity index (χ4v) is 4.63. The predicted octanol–water partition coefficient (Wildman–Crippen LogP) is 6.41. The third-order valence-electron chi connectivity index (χ3n) is 5.61. The van der Waals surface area contributed by atoms with Crippen molar-refractivity contribution in [3.8, 4) is 23.3 Å². The van der Waals surface area contributed by atoms with Crippen molar-refractivity contribution in [3.63, 3.8) is 0 Å². The Hall–Kier alpha value is -4.36. The van der Waals surface area contributed by atoms with Crippen LogP contribution in [0.1, 0.15) is 33.2 Å². The first-order chi connectivity index (χ1) is 16.8.